The molecule has 2 N–H and O–H groups in total. The van der Waals surface area contributed by atoms with Gasteiger partial charge in [0.2, 0.25) is 0 Å². The minimum atomic E-state index is -0.496. The molecule has 0 aliphatic carbocycles. The number of ether oxygens (including phenoxy) is 1. The van der Waals surface area contributed by atoms with Crippen LogP contribution in [0.1, 0.15) is 41.0 Å². The van der Waals surface area contributed by atoms with Crippen LogP contribution in [-0.4, -0.2) is 17.6 Å². The van der Waals surface area contributed by atoms with Crippen LogP contribution in [0.5, 0.6) is 0 Å². The third kappa shape index (κ3) is 4.88. The van der Waals surface area contributed by atoms with Gasteiger partial charge in [-0.25, -0.2) is 0 Å². The van der Waals surface area contributed by atoms with Crippen molar-refractivity contribution in [2.45, 2.75) is 52.7 Å². The minimum Gasteiger partial charge on any atom is -0.459 e. The average molecular weight is 187 g/mol. The van der Waals surface area contributed by atoms with Crippen LogP contribution in [0, 0.1) is 5.92 Å². The zero-order valence-corrected chi connectivity index (χ0v) is 9.26. The minimum absolute atomic E-state index is 0.176. The maximum atomic E-state index is 11.4. The zero-order valence-electron chi connectivity index (χ0n) is 9.26. The first-order valence-electron chi connectivity index (χ1n) is 4.76. The second-order valence-electron chi connectivity index (χ2n) is 4.44. The van der Waals surface area contributed by atoms with Crippen LogP contribution in [0.15, 0.2) is 0 Å². The summed E-state index contributed by atoms with van der Waals surface area (Å²) in [5.41, 5.74) is 5.26. The predicted molar refractivity (Wildman–Crippen MR) is 53.3 cm³/mol. The third-order valence-electron chi connectivity index (χ3n) is 1.94. The van der Waals surface area contributed by atoms with Crippen molar-refractivity contribution in [3.63, 3.8) is 0 Å². The highest BCUT2D eigenvalue weighted by Crippen LogP contribution is 2.12. The van der Waals surface area contributed by atoms with Crippen molar-refractivity contribution in [1.82, 2.24) is 0 Å². The molecule has 13 heavy (non-hydrogen) atoms. The molecule has 0 aromatic heterocycles. The summed E-state index contributed by atoms with van der Waals surface area (Å²) in [5, 5.41) is 0. The number of rotatable bonds is 3. The van der Waals surface area contributed by atoms with Gasteiger partial charge in [0.05, 0.1) is 0 Å². The van der Waals surface area contributed by atoms with Crippen LogP contribution in [0.3, 0.4) is 0 Å². The highest BCUT2D eigenvalue weighted by atomic mass is 16.6. The molecule has 0 aliphatic heterocycles. The molecule has 2 atom stereocenters. The van der Waals surface area contributed by atoms with E-state index in [1.807, 2.05) is 34.6 Å². The average Bonchev–Trinajstić information content (AvgIpc) is 1.98. The van der Waals surface area contributed by atoms with Gasteiger partial charge in [-0.1, -0.05) is 20.3 Å². The topological polar surface area (TPSA) is 52.3 Å². The van der Waals surface area contributed by atoms with Gasteiger partial charge in [0.1, 0.15) is 11.6 Å². The van der Waals surface area contributed by atoms with E-state index in [-0.39, 0.29) is 11.9 Å². The van der Waals surface area contributed by atoms with E-state index in [2.05, 4.69) is 0 Å². The highest BCUT2D eigenvalue weighted by Gasteiger charge is 2.25. The summed E-state index contributed by atoms with van der Waals surface area (Å²) >= 11 is 0. The summed E-state index contributed by atoms with van der Waals surface area (Å²) in [6, 6.07) is -0.496. The van der Waals surface area contributed by atoms with E-state index in [0.29, 0.717) is 0 Å². The van der Waals surface area contributed by atoms with Gasteiger partial charge in [-0.15, -0.1) is 0 Å². The molecule has 0 aromatic rings. The Hall–Kier alpha value is -0.570. The fraction of sp³-hybridized carbons (Fsp3) is 0.900. The number of hydrogen-bond donors (Lipinski definition) is 1. The van der Waals surface area contributed by atoms with E-state index in [4.69, 9.17) is 10.5 Å². The smallest absolute Gasteiger partial charge is 0.323 e. The van der Waals surface area contributed by atoms with Crippen LogP contribution >= 0.6 is 0 Å². The Balaban J connectivity index is 4.12. The van der Waals surface area contributed by atoms with E-state index in [1.165, 1.54) is 0 Å². The van der Waals surface area contributed by atoms with Crippen molar-refractivity contribution in [2.75, 3.05) is 0 Å². The van der Waals surface area contributed by atoms with Gasteiger partial charge in [-0.2, -0.15) is 0 Å². The van der Waals surface area contributed by atoms with Crippen LogP contribution in [0.25, 0.3) is 0 Å². The first kappa shape index (κ1) is 12.4. The fourth-order valence-corrected chi connectivity index (χ4v) is 0.856. The Bertz CT molecular complexity index is 172. The fourth-order valence-electron chi connectivity index (χ4n) is 0.856. The Labute approximate surface area is 80.6 Å². The number of hydrogen-bond acceptors (Lipinski definition) is 3. The Morgan fingerprint density at radius 3 is 2.23 bits per heavy atom. The highest BCUT2D eigenvalue weighted by molar-refractivity contribution is 5.76. The lowest BCUT2D eigenvalue weighted by Crippen LogP contribution is -2.41. The van der Waals surface area contributed by atoms with Crippen molar-refractivity contribution in [3.8, 4) is 0 Å². The van der Waals surface area contributed by atoms with Crippen molar-refractivity contribution >= 4 is 5.97 Å². The van der Waals surface area contributed by atoms with Crippen molar-refractivity contribution in [2.24, 2.45) is 11.7 Å². The van der Waals surface area contributed by atoms with Gasteiger partial charge in [-0.05, 0) is 26.7 Å². The quantitative estimate of drug-likeness (QED) is 0.684. The molecule has 3 nitrogen and oxygen atoms in total. The molecule has 0 fully saturated rings. The lowest BCUT2D eigenvalue weighted by molar-refractivity contribution is -0.157. The van der Waals surface area contributed by atoms with Crippen molar-refractivity contribution in [3.05, 3.63) is 0 Å². The van der Waals surface area contributed by atoms with Crippen LogP contribution in [-0.2, 0) is 9.53 Å². The summed E-state index contributed by atoms with van der Waals surface area (Å²) in [7, 11) is 0. The van der Waals surface area contributed by atoms with Crippen LogP contribution < -0.4 is 5.73 Å². The lowest BCUT2D eigenvalue weighted by atomic mass is 10.00. The molecule has 0 spiro atoms. The van der Waals surface area contributed by atoms with E-state index in [1.54, 1.807) is 0 Å². The van der Waals surface area contributed by atoms with Gasteiger partial charge in [0.25, 0.3) is 0 Å². The summed E-state index contributed by atoms with van der Waals surface area (Å²) in [6.07, 6.45) is 0.889. The first-order chi connectivity index (χ1) is 5.78. The van der Waals surface area contributed by atoms with Gasteiger partial charge in [-0.3, -0.25) is 4.79 Å². The summed E-state index contributed by atoms with van der Waals surface area (Å²) in [6.45, 7) is 9.49. The van der Waals surface area contributed by atoms with E-state index >= 15 is 0 Å². The van der Waals surface area contributed by atoms with Gasteiger partial charge in [0, 0.05) is 0 Å². The SMILES string of the molecule is CCC(C)[C@@H](N)C(=O)OC(C)(C)C. The second kappa shape index (κ2) is 4.61. The van der Waals surface area contributed by atoms with Gasteiger partial charge in [0.15, 0.2) is 0 Å². The van der Waals surface area contributed by atoms with E-state index in [9.17, 15) is 4.79 Å². The molecular formula is C10H21NO2. The Morgan fingerprint density at radius 1 is 1.46 bits per heavy atom. The lowest BCUT2D eigenvalue weighted by Gasteiger charge is -2.24. The standard InChI is InChI=1S/C10H21NO2/c1-6-7(2)8(11)9(12)13-10(3,4)5/h7-8H,6,11H2,1-5H3/t7?,8-/m1/s1. The maximum absolute atomic E-state index is 11.4. The van der Waals surface area contributed by atoms with Gasteiger partial charge >= 0.3 is 5.97 Å². The summed E-state index contributed by atoms with van der Waals surface area (Å²) in [4.78, 5) is 11.4. The number of nitrogens with two attached hydrogens (primary N) is 1. The summed E-state index contributed by atoms with van der Waals surface area (Å²) < 4.78 is 5.16. The Morgan fingerprint density at radius 2 is 1.92 bits per heavy atom. The molecule has 3 heteroatoms. The number of carbonyl (C=O) groups excluding carboxylic acids is 1. The van der Waals surface area contributed by atoms with Crippen molar-refractivity contribution in [1.29, 1.82) is 0 Å². The molecular weight excluding hydrogens is 166 g/mol. The monoisotopic (exact) mass is 187 g/mol. The number of esters is 1. The van der Waals surface area contributed by atoms with Crippen molar-refractivity contribution < 1.29 is 9.53 Å². The van der Waals surface area contributed by atoms with Crippen LogP contribution in [0.4, 0.5) is 0 Å². The molecule has 1 unspecified atom stereocenters. The van der Waals surface area contributed by atoms with Gasteiger partial charge < -0.3 is 10.5 Å². The molecule has 0 radical (unpaired) electrons. The van der Waals surface area contributed by atoms with E-state index in [0.717, 1.165) is 6.42 Å². The molecule has 0 bridgehead atoms. The zero-order chi connectivity index (χ0) is 10.6. The predicted octanol–water partition coefficient (Wildman–Crippen LogP) is 1.70. The molecule has 0 heterocycles. The molecule has 0 rings (SSSR count). The maximum Gasteiger partial charge on any atom is 0.323 e. The molecule has 78 valence electrons. The molecule has 0 aromatic carbocycles. The van der Waals surface area contributed by atoms with E-state index < -0.39 is 11.6 Å². The largest absolute Gasteiger partial charge is 0.459 e. The molecule has 0 saturated heterocycles. The summed E-state index contributed by atoms with van der Waals surface area (Å²) in [5.74, 6) is -0.128. The third-order valence-corrected chi connectivity index (χ3v) is 1.94. The Kier molecular flexibility index (Phi) is 4.40. The van der Waals surface area contributed by atoms with Crippen LogP contribution in [0.2, 0.25) is 0 Å². The molecule has 0 saturated carbocycles. The molecule has 0 amide bonds. The normalized spacial score (nSPS) is 16.5. The first-order valence-corrected chi connectivity index (χ1v) is 4.76. The number of carbonyl (C=O) groups is 1. The molecule has 0 aliphatic rings. The second-order valence-corrected chi connectivity index (χ2v) is 4.44.